The van der Waals surface area contributed by atoms with Gasteiger partial charge in [0.25, 0.3) is 8.32 Å². The van der Waals surface area contributed by atoms with Gasteiger partial charge in [0.1, 0.15) is 12.9 Å². The lowest BCUT2D eigenvalue weighted by Gasteiger charge is -2.55. The van der Waals surface area contributed by atoms with Crippen molar-refractivity contribution in [2.75, 3.05) is 27.1 Å². The van der Waals surface area contributed by atoms with E-state index in [0.717, 1.165) is 19.3 Å². The van der Waals surface area contributed by atoms with Crippen molar-refractivity contribution in [2.24, 2.45) is 34.0 Å². The highest BCUT2D eigenvalue weighted by molar-refractivity contribution is 6.99. The third kappa shape index (κ3) is 6.97. The Kier molecular flexibility index (Phi) is 11.2. The van der Waals surface area contributed by atoms with Crippen LogP contribution < -0.4 is 10.4 Å². The first-order chi connectivity index (χ1) is 21.5. The van der Waals surface area contributed by atoms with Crippen molar-refractivity contribution in [1.82, 2.24) is 0 Å². The predicted octanol–water partition coefficient (Wildman–Crippen LogP) is 8.17. The molecule has 0 amide bonds. The van der Waals surface area contributed by atoms with Gasteiger partial charge in [0.05, 0.1) is 5.41 Å². The standard InChI is InChI=1S/C40H60O5Si/c1-29-26-40(23-18-24-43-28-42-11)33(30(2)34(25-35(40)39(29,9)10)45-36(41)37(3,4)5)27-44-46(38(6,7)8,31-19-14-12-15-20-31)32-21-16-13-17-22-32/h12-17,19-22,26,30,33-35H,18,23-25,27-28H2,1-11H3/t30-,33-,34+,35-,40-/m0/s1. The predicted molar refractivity (Wildman–Crippen MR) is 191 cm³/mol. The molecule has 0 unspecified atom stereocenters. The Morgan fingerprint density at radius 2 is 1.50 bits per heavy atom. The van der Waals surface area contributed by atoms with Gasteiger partial charge in [-0.25, -0.2) is 0 Å². The van der Waals surface area contributed by atoms with E-state index in [-0.39, 0.29) is 39.8 Å². The van der Waals surface area contributed by atoms with Crippen molar-refractivity contribution in [1.29, 1.82) is 0 Å². The van der Waals surface area contributed by atoms with Gasteiger partial charge in [0.15, 0.2) is 0 Å². The number of fused-ring (bicyclic) bond motifs is 1. The summed E-state index contributed by atoms with van der Waals surface area (Å²) in [5.41, 5.74) is 0.711. The lowest BCUT2D eigenvalue weighted by Crippen LogP contribution is -2.67. The first-order valence-electron chi connectivity index (χ1n) is 17.2. The second-order valence-corrected chi connectivity index (χ2v) is 20.8. The summed E-state index contributed by atoms with van der Waals surface area (Å²) in [6.07, 6.45) is 5.17. The van der Waals surface area contributed by atoms with Crippen LogP contribution in [0.5, 0.6) is 0 Å². The molecular weight excluding hydrogens is 589 g/mol. The summed E-state index contributed by atoms with van der Waals surface area (Å²) in [7, 11) is -1.13. The molecule has 4 rings (SSSR count). The van der Waals surface area contributed by atoms with Crippen molar-refractivity contribution in [3.05, 3.63) is 72.3 Å². The van der Waals surface area contributed by atoms with Crippen LogP contribution in [0.15, 0.2) is 72.3 Å². The number of esters is 1. The Morgan fingerprint density at radius 3 is 2.00 bits per heavy atom. The van der Waals surface area contributed by atoms with Gasteiger partial charge in [0, 0.05) is 20.3 Å². The van der Waals surface area contributed by atoms with Crippen LogP contribution in [0.4, 0.5) is 0 Å². The van der Waals surface area contributed by atoms with Gasteiger partial charge in [-0.2, -0.15) is 0 Å². The molecule has 0 aliphatic heterocycles. The topological polar surface area (TPSA) is 54.0 Å². The van der Waals surface area contributed by atoms with Gasteiger partial charge >= 0.3 is 5.97 Å². The van der Waals surface area contributed by atoms with Gasteiger partial charge in [-0.15, -0.1) is 0 Å². The zero-order chi connectivity index (χ0) is 34.0. The summed E-state index contributed by atoms with van der Waals surface area (Å²) in [6.45, 7) is 23.8. The molecule has 5 nitrogen and oxygen atoms in total. The smallest absolute Gasteiger partial charge is 0.311 e. The van der Waals surface area contributed by atoms with Gasteiger partial charge in [0.2, 0.25) is 0 Å². The molecule has 0 aromatic heterocycles. The Balaban J connectivity index is 1.84. The summed E-state index contributed by atoms with van der Waals surface area (Å²) >= 11 is 0. The van der Waals surface area contributed by atoms with Crippen LogP contribution in [0.1, 0.15) is 88.5 Å². The third-order valence-electron chi connectivity index (χ3n) is 11.3. The van der Waals surface area contributed by atoms with E-state index >= 15 is 0 Å². The molecule has 0 heterocycles. The highest BCUT2D eigenvalue weighted by Crippen LogP contribution is 2.65. The Labute approximate surface area is 280 Å². The minimum absolute atomic E-state index is 0.0322. The largest absolute Gasteiger partial charge is 0.462 e. The molecule has 0 spiro atoms. The van der Waals surface area contributed by atoms with Gasteiger partial charge in [-0.3, -0.25) is 4.79 Å². The van der Waals surface area contributed by atoms with Gasteiger partial charge in [-0.05, 0) is 91.0 Å². The average molecular weight is 649 g/mol. The maximum Gasteiger partial charge on any atom is 0.311 e. The number of ether oxygens (including phenoxy) is 3. The molecule has 254 valence electrons. The number of methoxy groups -OCH3 is 1. The van der Waals surface area contributed by atoms with E-state index in [1.54, 1.807) is 7.11 Å². The molecule has 0 saturated heterocycles. The molecule has 1 saturated carbocycles. The summed E-state index contributed by atoms with van der Waals surface area (Å²) < 4.78 is 25.1. The molecule has 46 heavy (non-hydrogen) atoms. The number of carbonyl (C=O) groups excluding carboxylic acids is 1. The number of allylic oxidation sites excluding steroid dienone is 2. The summed E-state index contributed by atoms with van der Waals surface area (Å²) in [5, 5.41) is 2.43. The summed E-state index contributed by atoms with van der Waals surface area (Å²) in [4.78, 5) is 13.4. The molecule has 2 aliphatic carbocycles. The van der Waals surface area contributed by atoms with E-state index in [9.17, 15) is 4.79 Å². The fourth-order valence-corrected chi connectivity index (χ4v) is 13.1. The number of hydrogen-bond donors (Lipinski definition) is 0. The second-order valence-electron chi connectivity index (χ2n) is 16.5. The Morgan fingerprint density at radius 1 is 0.935 bits per heavy atom. The normalized spacial score (nSPS) is 26.4. The van der Waals surface area contributed by atoms with Crippen LogP contribution in [0.2, 0.25) is 5.04 Å². The summed E-state index contributed by atoms with van der Waals surface area (Å²) in [6, 6.07) is 21.8. The molecule has 5 atom stereocenters. The number of carbonyl (C=O) groups is 1. The minimum Gasteiger partial charge on any atom is -0.462 e. The second kappa shape index (κ2) is 14.1. The molecule has 1 fully saturated rings. The van der Waals surface area contributed by atoms with E-state index in [2.05, 4.69) is 115 Å². The zero-order valence-electron chi connectivity index (χ0n) is 30.4. The van der Waals surface area contributed by atoms with E-state index in [1.165, 1.54) is 15.9 Å². The van der Waals surface area contributed by atoms with Crippen molar-refractivity contribution in [3.8, 4) is 0 Å². The van der Waals surface area contributed by atoms with E-state index < -0.39 is 13.7 Å². The van der Waals surface area contributed by atoms with Crippen LogP contribution in [0, 0.1) is 34.0 Å². The number of rotatable bonds is 12. The van der Waals surface area contributed by atoms with Crippen molar-refractivity contribution < 1.29 is 23.4 Å². The van der Waals surface area contributed by atoms with Crippen molar-refractivity contribution >= 4 is 24.7 Å². The quantitative estimate of drug-likeness (QED) is 0.0764. The third-order valence-corrected chi connectivity index (χ3v) is 16.3. The van der Waals surface area contributed by atoms with E-state index in [0.29, 0.717) is 25.9 Å². The molecule has 0 N–H and O–H groups in total. The highest BCUT2D eigenvalue weighted by atomic mass is 28.4. The number of benzene rings is 2. The molecule has 2 aromatic rings. The first-order valence-corrected chi connectivity index (χ1v) is 19.2. The van der Waals surface area contributed by atoms with Gasteiger partial charge < -0.3 is 18.6 Å². The minimum atomic E-state index is -2.79. The van der Waals surface area contributed by atoms with Crippen molar-refractivity contribution in [3.63, 3.8) is 0 Å². The molecule has 2 aromatic carbocycles. The maximum absolute atomic E-state index is 13.4. The fraction of sp³-hybridized carbons (Fsp3) is 0.625. The fourth-order valence-electron chi connectivity index (χ4n) is 8.52. The molecule has 0 radical (unpaired) electrons. The Hall–Kier alpha value is -2.25. The molecule has 6 heteroatoms. The van der Waals surface area contributed by atoms with Crippen LogP contribution in [0.3, 0.4) is 0 Å². The molecular formula is C40H60O5Si. The highest BCUT2D eigenvalue weighted by Gasteiger charge is 2.61. The maximum atomic E-state index is 13.4. The van der Waals surface area contributed by atoms with Gasteiger partial charge in [-0.1, -0.05) is 114 Å². The summed E-state index contributed by atoms with van der Waals surface area (Å²) in [5.74, 6) is 0.435. The van der Waals surface area contributed by atoms with Crippen LogP contribution in [-0.4, -0.2) is 47.5 Å². The molecule has 2 aliphatic rings. The van der Waals surface area contributed by atoms with Crippen LogP contribution >= 0.6 is 0 Å². The lowest BCUT2D eigenvalue weighted by atomic mass is 9.52. The van der Waals surface area contributed by atoms with Crippen molar-refractivity contribution in [2.45, 2.75) is 99.6 Å². The SMILES string of the molecule is COCOCCC[C@@]12C=C(C)C(C)(C)[C@@H]1C[C@@H](OC(=O)C(C)(C)C)[C@@H](C)[C@@H]2CO[Si](c1ccccc1)(c1ccccc1)C(C)(C)C. The first kappa shape index (κ1) is 36.6. The number of hydrogen-bond acceptors (Lipinski definition) is 5. The van der Waals surface area contributed by atoms with E-state index in [1.807, 2.05) is 20.8 Å². The molecule has 0 bridgehead atoms. The van der Waals surface area contributed by atoms with E-state index in [4.69, 9.17) is 18.6 Å². The monoisotopic (exact) mass is 648 g/mol. The van der Waals surface area contributed by atoms with Crippen LogP contribution in [-0.2, 0) is 23.4 Å². The van der Waals surface area contributed by atoms with Crippen LogP contribution in [0.25, 0.3) is 0 Å². The zero-order valence-corrected chi connectivity index (χ0v) is 31.4. The lowest BCUT2D eigenvalue weighted by molar-refractivity contribution is -0.175. The Bertz CT molecular complexity index is 1280. The average Bonchev–Trinajstić information content (AvgIpc) is 3.19.